The smallest absolute Gasteiger partial charge is 0.107 e. The van der Waals surface area contributed by atoms with Gasteiger partial charge in [0.05, 0.1) is 16.2 Å². The minimum absolute atomic E-state index is 0.696. The van der Waals surface area contributed by atoms with Crippen LogP contribution in [0.3, 0.4) is 0 Å². The molecule has 2 aromatic rings. The largest absolute Gasteiger partial charge is 0.342 e. The molecule has 0 unspecified atom stereocenters. The third-order valence-corrected chi connectivity index (χ3v) is 4.44. The van der Waals surface area contributed by atoms with E-state index in [0.29, 0.717) is 8.67 Å². The molecule has 2 aromatic heterocycles. The molecule has 0 aromatic carbocycles. The lowest BCUT2D eigenvalue weighted by molar-refractivity contribution is 0.669. The predicted molar refractivity (Wildman–Crippen MR) is 76.6 cm³/mol. The Bertz CT molecular complexity index is 545. The number of thiophene rings is 1. The summed E-state index contributed by atoms with van der Waals surface area (Å²) in [6.07, 6.45) is 5.35. The lowest BCUT2D eigenvalue weighted by Gasteiger charge is -1.99. The highest BCUT2D eigenvalue weighted by Crippen LogP contribution is 2.37. The van der Waals surface area contributed by atoms with E-state index in [9.17, 15) is 0 Å². The van der Waals surface area contributed by atoms with E-state index in [2.05, 4.69) is 15.3 Å². The van der Waals surface area contributed by atoms with Crippen molar-refractivity contribution in [1.82, 2.24) is 15.3 Å². The van der Waals surface area contributed by atoms with Crippen molar-refractivity contribution in [2.75, 3.05) is 6.54 Å². The number of H-pyrrole nitrogens is 1. The van der Waals surface area contributed by atoms with Crippen molar-refractivity contribution in [3.8, 4) is 11.3 Å². The quantitative estimate of drug-likeness (QED) is 0.883. The van der Waals surface area contributed by atoms with Crippen molar-refractivity contribution >= 4 is 34.5 Å². The fourth-order valence-electron chi connectivity index (χ4n) is 1.83. The summed E-state index contributed by atoms with van der Waals surface area (Å²) in [4.78, 5) is 7.66. The third-order valence-electron chi connectivity index (χ3n) is 2.95. The molecule has 18 heavy (non-hydrogen) atoms. The molecule has 0 bridgehead atoms. The third kappa shape index (κ3) is 2.88. The molecule has 3 nitrogen and oxygen atoms in total. The zero-order chi connectivity index (χ0) is 12.5. The van der Waals surface area contributed by atoms with E-state index in [0.717, 1.165) is 36.1 Å². The van der Waals surface area contributed by atoms with E-state index in [1.54, 1.807) is 0 Å². The summed E-state index contributed by atoms with van der Waals surface area (Å²) in [6, 6.07) is 2.61. The molecule has 2 heterocycles. The summed E-state index contributed by atoms with van der Waals surface area (Å²) in [5.41, 5.74) is 1.87. The molecule has 0 atom stereocenters. The fourth-order valence-corrected chi connectivity index (χ4v) is 3.32. The highest BCUT2D eigenvalue weighted by molar-refractivity contribution is 7.20. The minimum Gasteiger partial charge on any atom is -0.342 e. The number of nitrogens with one attached hydrogen (secondary N) is 2. The van der Waals surface area contributed by atoms with Crippen molar-refractivity contribution in [3.05, 3.63) is 26.8 Å². The molecular weight excluding hydrogens is 289 g/mol. The fraction of sp³-hybridized carbons (Fsp3) is 0.417. The van der Waals surface area contributed by atoms with Gasteiger partial charge in [0.15, 0.2) is 0 Å². The first-order valence-corrected chi connectivity index (χ1v) is 7.52. The van der Waals surface area contributed by atoms with Crippen LogP contribution in [0, 0.1) is 0 Å². The molecule has 0 aliphatic heterocycles. The molecule has 0 radical (unpaired) electrons. The SMILES string of the molecule is Clc1cc(-c2cnc(CCNC3CC3)[nH]2)c(Cl)s1. The Balaban J connectivity index is 1.66. The van der Waals surface area contributed by atoms with Crippen molar-refractivity contribution in [3.63, 3.8) is 0 Å². The van der Waals surface area contributed by atoms with Crippen molar-refractivity contribution in [2.45, 2.75) is 25.3 Å². The minimum atomic E-state index is 0.696. The number of aromatic nitrogens is 2. The Hall–Kier alpha value is -0.550. The number of hydrogen-bond acceptors (Lipinski definition) is 3. The van der Waals surface area contributed by atoms with Gasteiger partial charge in [-0.1, -0.05) is 23.2 Å². The number of nitrogens with zero attached hydrogens (tertiary/aromatic N) is 1. The molecule has 1 aliphatic carbocycles. The van der Waals surface area contributed by atoms with Gasteiger partial charge in [-0.05, 0) is 18.9 Å². The second-order valence-electron chi connectivity index (χ2n) is 4.46. The van der Waals surface area contributed by atoms with Crippen LogP contribution in [0.25, 0.3) is 11.3 Å². The standard InChI is InChI=1S/C12H13Cl2N3S/c13-10-5-8(12(14)18-10)9-6-16-11(17-9)3-4-15-7-1-2-7/h5-7,15H,1-4H2,(H,16,17). The highest BCUT2D eigenvalue weighted by atomic mass is 35.5. The summed E-state index contributed by atoms with van der Waals surface area (Å²) in [5.74, 6) is 0.983. The van der Waals surface area contributed by atoms with E-state index >= 15 is 0 Å². The number of imidazole rings is 1. The molecule has 6 heteroatoms. The lowest BCUT2D eigenvalue weighted by atomic mass is 10.3. The molecule has 96 valence electrons. The van der Waals surface area contributed by atoms with Crippen LogP contribution >= 0.6 is 34.5 Å². The molecular formula is C12H13Cl2N3S. The molecule has 1 saturated carbocycles. The lowest BCUT2D eigenvalue weighted by Crippen LogP contribution is -2.19. The van der Waals surface area contributed by atoms with Crippen LogP contribution in [-0.4, -0.2) is 22.6 Å². The molecule has 2 N–H and O–H groups in total. The van der Waals surface area contributed by atoms with Gasteiger partial charge in [-0.15, -0.1) is 11.3 Å². The summed E-state index contributed by atoms with van der Waals surface area (Å²) in [6.45, 7) is 0.968. The van der Waals surface area contributed by atoms with Gasteiger partial charge in [-0.2, -0.15) is 0 Å². The molecule has 0 amide bonds. The van der Waals surface area contributed by atoms with E-state index in [1.807, 2.05) is 12.3 Å². The number of rotatable bonds is 5. The average Bonchev–Trinajstić information content (AvgIpc) is 2.92. The van der Waals surface area contributed by atoms with Crippen LogP contribution in [0.4, 0.5) is 0 Å². The summed E-state index contributed by atoms with van der Waals surface area (Å²) < 4.78 is 1.40. The first kappa shape index (κ1) is 12.5. The number of halogens is 2. The highest BCUT2D eigenvalue weighted by Gasteiger charge is 2.19. The Labute approximate surface area is 120 Å². The van der Waals surface area contributed by atoms with Gasteiger partial charge >= 0.3 is 0 Å². The van der Waals surface area contributed by atoms with Crippen LogP contribution in [0.15, 0.2) is 12.3 Å². The first-order valence-electron chi connectivity index (χ1n) is 5.95. The van der Waals surface area contributed by atoms with Gasteiger partial charge in [-0.25, -0.2) is 4.98 Å². The summed E-state index contributed by atoms with van der Waals surface area (Å²) >= 11 is 13.4. The van der Waals surface area contributed by atoms with E-state index in [1.165, 1.54) is 24.2 Å². The first-order chi connectivity index (χ1) is 8.72. The molecule has 0 spiro atoms. The van der Waals surface area contributed by atoms with E-state index in [-0.39, 0.29) is 0 Å². The Morgan fingerprint density at radius 1 is 1.44 bits per heavy atom. The number of hydrogen-bond donors (Lipinski definition) is 2. The maximum Gasteiger partial charge on any atom is 0.107 e. The second kappa shape index (κ2) is 5.21. The van der Waals surface area contributed by atoms with Crippen molar-refractivity contribution in [2.24, 2.45) is 0 Å². The topological polar surface area (TPSA) is 40.7 Å². The van der Waals surface area contributed by atoms with Gasteiger partial charge in [0.25, 0.3) is 0 Å². The normalized spacial score (nSPS) is 15.2. The Morgan fingerprint density at radius 2 is 2.28 bits per heavy atom. The van der Waals surface area contributed by atoms with Crippen LogP contribution in [0.5, 0.6) is 0 Å². The van der Waals surface area contributed by atoms with Crippen molar-refractivity contribution < 1.29 is 0 Å². The van der Waals surface area contributed by atoms with E-state index < -0.39 is 0 Å². The van der Waals surface area contributed by atoms with E-state index in [4.69, 9.17) is 23.2 Å². The van der Waals surface area contributed by atoms with Gasteiger partial charge in [0.1, 0.15) is 10.2 Å². The second-order valence-corrected chi connectivity index (χ2v) is 6.75. The zero-order valence-corrected chi connectivity index (χ0v) is 12.0. The number of aromatic amines is 1. The van der Waals surface area contributed by atoms with Crippen LogP contribution in [-0.2, 0) is 6.42 Å². The van der Waals surface area contributed by atoms with Gasteiger partial charge in [-0.3, -0.25) is 0 Å². The maximum absolute atomic E-state index is 6.12. The molecule has 1 fully saturated rings. The van der Waals surface area contributed by atoms with Gasteiger partial charge in [0, 0.05) is 24.6 Å². The monoisotopic (exact) mass is 301 g/mol. The van der Waals surface area contributed by atoms with Crippen molar-refractivity contribution in [1.29, 1.82) is 0 Å². The Kier molecular flexibility index (Phi) is 3.61. The maximum atomic E-state index is 6.12. The van der Waals surface area contributed by atoms with Gasteiger partial charge in [0.2, 0.25) is 0 Å². The Morgan fingerprint density at radius 3 is 2.94 bits per heavy atom. The van der Waals surface area contributed by atoms with Crippen LogP contribution < -0.4 is 5.32 Å². The molecule has 3 rings (SSSR count). The summed E-state index contributed by atoms with van der Waals surface area (Å²) in [5, 5.41) is 3.46. The summed E-state index contributed by atoms with van der Waals surface area (Å²) in [7, 11) is 0. The predicted octanol–water partition coefficient (Wildman–Crippen LogP) is 3.74. The zero-order valence-electron chi connectivity index (χ0n) is 9.67. The average molecular weight is 302 g/mol. The van der Waals surface area contributed by atoms with Gasteiger partial charge < -0.3 is 10.3 Å². The molecule has 1 aliphatic rings. The van der Waals surface area contributed by atoms with Crippen LogP contribution in [0.2, 0.25) is 8.67 Å². The van der Waals surface area contributed by atoms with Crippen LogP contribution in [0.1, 0.15) is 18.7 Å². The molecule has 0 saturated heterocycles.